The molecule has 13 heavy (non-hydrogen) atoms. The van der Waals surface area contributed by atoms with Crippen molar-refractivity contribution in [2.24, 2.45) is 0 Å². The molecular weight excluding hydrogens is 207 g/mol. The maximum absolute atomic E-state index is 11.7. The monoisotopic (exact) mass is 217 g/mol. The zero-order valence-corrected chi connectivity index (χ0v) is 7.96. The van der Waals surface area contributed by atoms with Gasteiger partial charge in [-0.05, 0) is 6.92 Å². The maximum Gasteiger partial charge on any atom is 0.471 e. The van der Waals surface area contributed by atoms with E-state index < -0.39 is 28.9 Å². The summed E-state index contributed by atoms with van der Waals surface area (Å²) in [6.07, 6.45) is -3.51. The first-order valence-corrected chi connectivity index (χ1v) is 5.14. The molecule has 0 bridgehead atoms. The average molecular weight is 217 g/mol. The Kier molecular flexibility index (Phi) is 4.38. The fourth-order valence-corrected chi connectivity index (χ4v) is 1.49. The van der Waals surface area contributed by atoms with Crippen molar-refractivity contribution in [3.63, 3.8) is 0 Å². The Morgan fingerprint density at radius 2 is 2.00 bits per heavy atom. The molecular formula is C6H10F3NO2S. The van der Waals surface area contributed by atoms with E-state index in [4.69, 9.17) is 0 Å². The summed E-state index contributed by atoms with van der Waals surface area (Å²) in [4.78, 5) is 10.3. The number of hydrogen-bond donors (Lipinski definition) is 1. The number of rotatable bonds is 3. The van der Waals surface area contributed by atoms with E-state index in [-0.39, 0.29) is 5.75 Å². The molecule has 0 aromatic carbocycles. The minimum absolute atomic E-state index is 0.0157. The topological polar surface area (TPSA) is 46.2 Å². The Morgan fingerprint density at radius 1 is 1.54 bits per heavy atom. The van der Waals surface area contributed by atoms with Crippen LogP contribution < -0.4 is 5.32 Å². The van der Waals surface area contributed by atoms with Gasteiger partial charge in [0.05, 0.1) is 0 Å². The van der Waals surface area contributed by atoms with Crippen LogP contribution in [0.2, 0.25) is 0 Å². The third-order valence-electron chi connectivity index (χ3n) is 1.12. The van der Waals surface area contributed by atoms with Crippen LogP contribution in [0.5, 0.6) is 0 Å². The predicted octanol–water partition coefficient (Wildman–Crippen LogP) is 0.432. The molecule has 2 atom stereocenters. The highest BCUT2D eigenvalue weighted by molar-refractivity contribution is 7.84. The fourth-order valence-electron chi connectivity index (χ4n) is 0.699. The number of amides is 1. The van der Waals surface area contributed by atoms with Gasteiger partial charge in [-0.25, -0.2) is 0 Å². The number of carbonyl (C=O) groups excluding carboxylic acids is 1. The second kappa shape index (κ2) is 4.59. The van der Waals surface area contributed by atoms with Gasteiger partial charge in [0.15, 0.2) is 0 Å². The van der Waals surface area contributed by atoms with E-state index in [1.165, 1.54) is 13.2 Å². The Bertz CT molecular complexity index is 216. The van der Waals surface area contributed by atoms with Crippen molar-refractivity contribution in [2.75, 3.05) is 12.0 Å². The van der Waals surface area contributed by atoms with Gasteiger partial charge in [-0.1, -0.05) is 0 Å². The molecule has 0 heterocycles. The molecule has 0 aliphatic carbocycles. The van der Waals surface area contributed by atoms with Gasteiger partial charge in [0.2, 0.25) is 0 Å². The number of hydrogen-bond acceptors (Lipinski definition) is 2. The average Bonchev–Trinajstić information content (AvgIpc) is 1.82. The van der Waals surface area contributed by atoms with Crippen LogP contribution in [0.15, 0.2) is 0 Å². The summed E-state index contributed by atoms with van der Waals surface area (Å²) < 4.78 is 45.5. The van der Waals surface area contributed by atoms with Crippen molar-refractivity contribution in [1.29, 1.82) is 0 Å². The summed E-state index contributed by atoms with van der Waals surface area (Å²) in [7, 11) is -1.22. The van der Waals surface area contributed by atoms with Crippen LogP contribution in [0.3, 0.4) is 0 Å². The van der Waals surface area contributed by atoms with Gasteiger partial charge in [0.1, 0.15) is 0 Å². The van der Waals surface area contributed by atoms with Gasteiger partial charge in [0, 0.05) is 28.9 Å². The molecule has 7 heteroatoms. The molecule has 0 radical (unpaired) electrons. The van der Waals surface area contributed by atoms with Crippen LogP contribution in [0.4, 0.5) is 13.2 Å². The standard InChI is InChI=1S/C6H10F3NO2S/c1-4(3-13(2)12)10-5(11)6(7,8)9/h4H,3H2,1-2H3,(H,10,11). The zero-order valence-electron chi connectivity index (χ0n) is 7.14. The number of alkyl halides is 3. The number of carbonyl (C=O) groups is 1. The highest BCUT2D eigenvalue weighted by atomic mass is 32.2. The van der Waals surface area contributed by atoms with Crippen molar-refractivity contribution < 1.29 is 22.2 Å². The molecule has 0 aliphatic heterocycles. The van der Waals surface area contributed by atoms with Crippen molar-refractivity contribution in [1.82, 2.24) is 5.32 Å². The lowest BCUT2D eigenvalue weighted by Gasteiger charge is -2.13. The molecule has 0 rings (SSSR count). The van der Waals surface area contributed by atoms with Crippen molar-refractivity contribution in [2.45, 2.75) is 19.1 Å². The summed E-state index contributed by atoms with van der Waals surface area (Å²) in [5.41, 5.74) is 0. The van der Waals surface area contributed by atoms with E-state index >= 15 is 0 Å². The third-order valence-corrected chi connectivity index (χ3v) is 2.09. The van der Waals surface area contributed by atoms with Crippen molar-refractivity contribution in [3.8, 4) is 0 Å². The molecule has 0 aromatic rings. The van der Waals surface area contributed by atoms with Crippen molar-refractivity contribution in [3.05, 3.63) is 0 Å². The molecule has 0 fully saturated rings. The van der Waals surface area contributed by atoms with Crippen LogP contribution in [-0.2, 0) is 15.6 Å². The Morgan fingerprint density at radius 3 is 2.31 bits per heavy atom. The molecule has 0 saturated heterocycles. The van der Waals surface area contributed by atoms with E-state index in [1.807, 2.05) is 0 Å². The fraction of sp³-hybridized carbons (Fsp3) is 0.833. The smallest absolute Gasteiger partial charge is 0.345 e. The number of halogens is 3. The Labute approximate surface area is 76.1 Å². The molecule has 3 nitrogen and oxygen atoms in total. The molecule has 1 N–H and O–H groups in total. The molecule has 1 amide bonds. The lowest BCUT2D eigenvalue weighted by Crippen LogP contribution is -2.43. The summed E-state index contributed by atoms with van der Waals surface area (Å²) in [6.45, 7) is 1.37. The molecule has 0 aliphatic rings. The first-order valence-electron chi connectivity index (χ1n) is 3.41. The van der Waals surface area contributed by atoms with Crippen LogP contribution >= 0.6 is 0 Å². The molecule has 0 saturated carbocycles. The highest BCUT2D eigenvalue weighted by Gasteiger charge is 2.39. The quantitative estimate of drug-likeness (QED) is 0.745. The Balaban J connectivity index is 4.00. The minimum atomic E-state index is -4.87. The molecule has 0 spiro atoms. The van der Waals surface area contributed by atoms with Crippen LogP contribution in [0, 0.1) is 0 Å². The first-order chi connectivity index (χ1) is 5.73. The highest BCUT2D eigenvalue weighted by Crippen LogP contribution is 2.14. The van der Waals surface area contributed by atoms with Gasteiger partial charge in [0.25, 0.3) is 0 Å². The third kappa shape index (κ3) is 5.62. The number of nitrogens with one attached hydrogen (secondary N) is 1. The minimum Gasteiger partial charge on any atom is -0.345 e. The van der Waals surface area contributed by atoms with E-state index in [9.17, 15) is 22.2 Å². The SMILES string of the molecule is CC(CS(C)=O)NC(=O)C(F)(F)F. The zero-order chi connectivity index (χ0) is 10.6. The van der Waals surface area contributed by atoms with Gasteiger partial charge in [-0.3, -0.25) is 9.00 Å². The van der Waals surface area contributed by atoms with E-state index in [0.717, 1.165) is 0 Å². The van der Waals surface area contributed by atoms with E-state index in [2.05, 4.69) is 0 Å². The van der Waals surface area contributed by atoms with E-state index in [1.54, 1.807) is 5.32 Å². The normalized spacial score (nSPS) is 16.4. The second-order valence-corrected chi connectivity index (χ2v) is 4.09. The first kappa shape index (κ1) is 12.4. The molecule has 0 aromatic heterocycles. The van der Waals surface area contributed by atoms with Crippen molar-refractivity contribution >= 4 is 16.7 Å². The lowest BCUT2D eigenvalue weighted by molar-refractivity contribution is -0.174. The predicted molar refractivity (Wildman–Crippen MR) is 42.6 cm³/mol. The van der Waals surface area contributed by atoms with Crippen LogP contribution in [-0.4, -0.2) is 34.3 Å². The summed E-state index contributed by atoms with van der Waals surface area (Å²) >= 11 is 0. The van der Waals surface area contributed by atoms with E-state index in [0.29, 0.717) is 0 Å². The van der Waals surface area contributed by atoms with Gasteiger partial charge >= 0.3 is 12.1 Å². The molecule has 78 valence electrons. The maximum atomic E-state index is 11.7. The van der Waals surface area contributed by atoms with Gasteiger partial charge in [-0.2, -0.15) is 13.2 Å². The van der Waals surface area contributed by atoms with Gasteiger partial charge in [-0.15, -0.1) is 0 Å². The van der Waals surface area contributed by atoms with Crippen LogP contribution in [0.1, 0.15) is 6.92 Å². The summed E-state index contributed by atoms with van der Waals surface area (Å²) in [5.74, 6) is -1.98. The molecule has 2 unspecified atom stereocenters. The lowest BCUT2D eigenvalue weighted by atomic mass is 10.4. The largest absolute Gasteiger partial charge is 0.471 e. The second-order valence-electron chi connectivity index (χ2n) is 2.61. The summed E-state index contributed by atoms with van der Waals surface area (Å²) in [5, 5.41) is 1.69. The summed E-state index contributed by atoms with van der Waals surface area (Å²) in [6, 6.07) is -0.736. The van der Waals surface area contributed by atoms with Crippen LogP contribution in [0.25, 0.3) is 0 Å². The Hall–Kier alpha value is -0.590. The van der Waals surface area contributed by atoms with Gasteiger partial charge < -0.3 is 5.32 Å².